The first-order valence-electron chi connectivity index (χ1n) is 7.07. The Morgan fingerprint density at radius 1 is 1.00 bits per heavy atom. The van der Waals surface area contributed by atoms with Crippen LogP contribution < -0.4 is 0 Å². The fourth-order valence-corrected chi connectivity index (χ4v) is 3.04. The van der Waals surface area contributed by atoms with Crippen LogP contribution in [0.2, 0.25) is 5.15 Å². The smallest absolute Gasteiger partial charge is 0.153 e. The fraction of sp³-hybridized carbons (Fsp3) is 0.167. The van der Waals surface area contributed by atoms with Gasteiger partial charge >= 0.3 is 0 Å². The number of fused-ring (bicyclic) bond motifs is 1. The summed E-state index contributed by atoms with van der Waals surface area (Å²) in [7, 11) is 0. The Bertz CT molecular complexity index is 761. The van der Waals surface area contributed by atoms with Crippen LogP contribution in [-0.4, -0.2) is 10.9 Å². The molecule has 0 atom stereocenters. The summed E-state index contributed by atoms with van der Waals surface area (Å²) >= 11 is 6.37. The van der Waals surface area contributed by atoms with Crippen molar-refractivity contribution in [2.24, 2.45) is 0 Å². The van der Waals surface area contributed by atoms with Gasteiger partial charge in [-0.2, -0.15) is 0 Å². The van der Waals surface area contributed by atoms with E-state index < -0.39 is 0 Å². The molecule has 0 spiro atoms. The van der Waals surface area contributed by atoms with Gasteiger partial charge in [-0.25, -0.2) is 0 Å². The summed E-state index contributed by atoms with van der Waals surface area (Å²) in [5.41, 5.74) is 2.94. The number of aromatic nitrogens is 1. The highest BCUT2D eigenvalue weighted by Gasteiger charge is 2.14. The first-order chi connectivity index (χ1) is 10.3. The Kier molecular flexibility index (Phi) is 4.07. The first-order valence-corrected chi connectivity index (χ1v) is 7.45. The zero-order valence-electron chi connectivity index (χ0n) is 11.6. The minimum absolute atomic E-state index is 0.541. The molecule has 3 aromatic rings. The Morgan fingerprint density at radius 2 is 1.71 bits per heavy atom. The molecule has 0 radical (unpaired) electrons. The topological polar surface area (TPSA) is 22.0 Å². The van der Waals surface area contributed by atoms with Crippen molar-refractivity contribution in [2.75, 3.05) is 0 Å². The monoisotopic (exact) mass is 297 g/mol. The molecule has 2 aromatic carbocycles. The van der Waals surface area contributed by atoms with Gasteiger partial charge in [0, 0.05) is 17.4 Å². The summed E-state index contributed by atoms with van der Waals surface area (Å²) in [5.74, 6) is 0. The zero-order valence-corrected chi connectivity index (χ0v) is 12.4. The molecule has 0 saturated heterocycles. The van der Waals surface area contributed by atoms with Gasteiger partial charge in [0.2, 0.25) is 0 Å². The van der Waals surface area contributed by atoms with E-state index >= 15 is 0 Å². The van der Waals surface area contributed by atoms with Crippen LogP contribution in [0.3, 0.4) is 0 Å². The van der Waals surface area contributed by atoms with Crippen LogP contribution in [0, 0.1) is 0 Å². The minimum atomic E-state index is 0.541. The van der Waals surface area contributed by atoms with E-state index in [9.17, 15) is 4.79 Å². The molecular formula is C18H16ClNO. The lowest BCUT2D eigenvalue weighted by Gasteiger charge is -2.07. The third-order valence-corrected chi connectivity index (χ3v) is 4.16. The molecule has 0 aliphatic heterocycles. The average Bonchev–Trinajstić information content (AvgIpc) is 2.80. The SMILES string of the molecule is O=Cc1c(Cl)n(CCCc2ccccc2)c2ccccc12. The highest BCUT2D eigenvalue weighted by Crippen LogP contribution is 2.29. The molecule has 0 fully saturated rings. The third-order valence-electron chi connectivity index (χ3n) is 3.75. The Morgan fingerprint density at radius 3 is 2.48 bits per heavy atom. The normalized spacial score (nSPS) is 10.9. The molecule has 106 valence electrons. The Hall–Kier alpha value is -2.06. The minimum Gasteiger partial charge on any atom is -0.331 e. The summed E-state index contributed by atoms with van der Waals surface area (Å²) in [6.45, 7) is 0.808. The van der Waals surface area contributed by atoms with Gasteiger partial charge in [-0.15, -0.1) is 0 Å². The number of rotatable bonds is 5. The maximum absolute atomic E-state index is 11.3. The van der Waals surface area contributed by atoms with E-state index in [4.69, 9.17) is 11.6 Å². The van der Waals surface area contributed by atoms with Gasteiger partial charge in [0.15, 0.2) is 6.29 Å². The van der Waals surface area contributed by atoms with Crippen molar-refractivity contribution >= 4 is 28.8 Å². The van der Waals surface area contributed by atoms with Crippen LogP contribution in [0.4, 0.5) is 0 Å². The highest BCUT2D eigenvalue weighted by molar-refractivity contribution is 6.34. The van der Waals surface area contributed by atoms with Gasteiger partial charge in [-0.05, 0) is 24.5 Å². The van der Waals surface area contributed by atoms with E-state index in [1.165, 1.54) is 5.56 Å². The number of hydrogen-bond donors (Lipinski definition) is 0. The summed E-state index contributed by atoms with van der Waals surface area (Å²) in [6, 6.07) is 18.3. The Labute approximate surface area is 129 Å². The van der Waals surface area contributed by atoms with Crippen LogP contribution in [-0.2, 0) is 13.0 Å². The molecule has 0 unspecified atom stereocenters. The predicted molar refractivity (Wildman–Crippen MR) is 87.1 cm³/mol. The van der Waals surface area contributed by atoms with E-state index in [1.54, 1.807) is 0 Å². The zero-order chi connectivity index (χ0) is 14.7. The number of nitrogens with zero attached hydrogens (tertiary/aromatic N) is 1. The van der Waals surface area contributed by atoms with E-state index in [-0.39, 0.29) is 0 Å². The molecule has 1 aromatic heterocycles. The molecule has 2 nitrogen and oxygen atoms in total. The molecule has 3 rings (SSSR count). The van der Waals surface area contributed by atoms with Crippen LogP contribution in [0.25, 0.3) is 10.9 Å². The second-order valence-corrected chi connectivity index (χ2v) is 5.44. The molecule has 0 saturated carbocycles. The lowest BCUT2D eigenvalue weighted by molar-refractivity contribution is 0.112. The maximum Gasteiger partial charge on any atom is 0.153 e. The van der Waals surface area contributed by atoms with Crippen molar-refractivity contribution < 1.29 is 4.79 Å². The van der Waals surface area contributed by atoms with Crippen molar-refractivity contribution in [1.82, 2.24) is 4.57 Å². The van der Waals surface area contributed by atoms with E-state index in [2.05, 4.69) is 24.3 Å². The highest BCUT2D eigenvalue weighted by atomic mass is 35.5. The van der Waals surface area contributed by atoms with Gasteiger partial charge < -0.3 is 4.57 Å². The number of para-hydroxylation sites is 1. The van der Waals surface area contributed by atoms with Gasteiger partial charge in [0.05, 0.1) is 5.56 Å². The van der Waals surface area contributed by atoms with E-state index in [0.29, 0.717) is 10.7 Å². The van der Waals surface area contributed by atoms with Crippen LogP contribution in [0.5, 0.6) is 0 Å². The summed E-state index contributed by atoms with van der Waals surface area (Å²) < 4.78 is 2.03. The third kappa shape index (κ3) is 2.72. The molecule has 0 aliphatic carbocycles. The van der Waals surface area contributed by atoms with Crippen LogP contribution in [0.1, 0.15) is 22.3 Å². The van der Waals surface area contributed by atoms with Gasteiger partial charge in [0.1, 0.15) is 5.15 Å². The number of carbonyl (C=O) groups excluding carboxylic acids is 1. The number of aldehydes is 1. The molecule has 21 heavy (non-hydrogen) atoms. The molecule has 0 amide bonds. The van der Waals surface area contributed by atoms with Crippen molar-refractivity contribution in [3.8, 4) is 0 Å². The first kappa shape index (κ1) is 13.9. The molecule has 0 aliphatic rings. The summed E-state index contributed by atoms with van der Waals surface area (Å²) in [4.78, 5) is 11.3. The lowest BCUT2D eigenvalue weighted by atomic mass is 10.1. The fourth-order valence-electron chi connectivity index (χ4n) is 2.72. The largest absolute Gasteiger partial charge is 0.331 e. The second kappa shape index (κ2) is 6.15. The molecular weight excluding hydrogens is 282 g/mol. The molecule has 1 heterocycles. The standard InChI is InChI=1S/C18H16ClNO/c19-18-16(13-21)15-10-4-5-11-17(15)20(18)12-6-9-14-7-2-1-3-8-14/h1-5,7-8,10-11,13H,6,9,12H2. The van der Waals surface area contributed by atoms with Gasteiger partial charge in [-0.3, -0.25) is 4.79 Å². The number of aryl methyl sites for hydroxylation is 2. The average molecular weight is 298 g/mol. The maximum atomic E-state index is 11.3. The molecule has 0 bridgehead atoms. The second-order valence-electron chi connectivity index (χ2n) is 5.08. The van der Waals surface area contributed by atoms with Crippen LogP contribution >= 0.6 is 11.6 Å². The number of carbonyl (C=O) groups is 1. The summed E-state index contributed by atoms with van der Waals surface area (Å²) in [6.07, 6.45) is 2.83. The molecule has 3 heteroatoms. The quantitative estimate of drug-likeness (QED) is 0.623. The lowest BCUT2D eigenvalue weighted by Crippen LogP contribution is -2.00. The Balaban J connectivity index is 1.84. The van der Waals surface area contributed by atoms with Crippen molar-refractivity contribution in [3.05, 3.63) is 70.9 Å². The summed E-state index contributed by atoms with van der Waals surface area (Å²) in [5, 5.41) is 1.47. The molecule has 0 N–H and O–H groups in total. The number of hydrogen-bond acceptors (Lipinski definition) is 1. The van der Waals surface area contributed by atoms with Crippen molar-refractivity contribution in [1.29, 1.82) is 0 Å². The number of benzene rings is 2. The van der Waals surface area contributed by atoms with Crippen molar-refractivity contribution in [2.45, 2.75) is 19.4 Å². The van der Waals surface area contributed by atoms with Gasteiger partial charge in [-0.1, -0.05) is 60.1 Å². The van der Waals surface area contributed by atoms with E-state index in [1.807, 2.05) is 34.9 Å². The van der Waals surface area contributed by atoms with E-state index in [0.717, 1.165) is 36.6 Å². The predicted octanol–water partition coefficient (Wildman–Crippen LogP) is 4.74. The van der Waals surface area contributed by atoms with Crippen molar-refractivity contribution in [3.63, 3.8) is 0 Å². The van der Waals surface area contributed by atoms with Gasteiger partial charge in [0.25, 0.3) is 0 Å². The van der Waals surface area contributed by atoms with Crippen LogP contribution in [0.15, 0.2) is 54.6 Å². The number of halogens is 1.